The summed E-state index contributed by atoms with van der Waals surface area (Å²) in [6.07, 6.45) is 3.57. The fourth-order valence-electron chi connectivity index (χ4n) is 2.40. The van der Waals surface area contributed by atoms with Crippen molar-refractivity contribution in [1.29, 1.82) is 0 Å². The number of aryl methyl sites for hydroxylation is 1. The van der Waals surface area contributed by atoms with Gasteiger partial charge >= 0.3 is 0 Å². The maximum absolute atomic E-state index is 5.93. The summed E-state index contributed by atoms with van der Waals surface area (Å²) in [7, 11) is 0. The fraction of sp³-hybridized carbons (Fsp3) is 0.636. The minimum atomic E-state index is -0.0481. The Kier molecular flexibility index (Phi) is 2.26. The molecule has 2 aromatic heterocycles. The van der Waals surface area contributed by atoms with Crippen molar-refractivity contribution in [2.24, 2.45) is 11.7 Å². The second kappa shape index (κ2) is 3.53. The lowest BCUT2D eigenvalue weighted by atomic mass is 9.93. The molecule has 2 heterocycles. The molecule has 0 radical (unpaired) electrons. The van der Waals surface area contributed by atoms with Crippen LogP contribution in [0.4, 0.5) is 0 Å². The van der Waals surface area contributed by atoms with Gasteiger partial charge in [0, 0.05) is 10.6 Å². The Labute approximate surface area is 98.5 Å². The van der Waals surface area contributed by atoms with Crippen LogP contribution in [0, 0.1) is 5.92 Å². The van der Waals surface area contributed by atoms with Crippen molar-refractivity contribution in [3.63, 3.8) is 0 Å². The zero-order valence-electron chi connectivity index (χ0n) is 9.60. The van der Waals surface area contributed by atoms with E-state index < -0.39 is 0 Å². The van der Waals surface area contributed by atoms with E-state index in [9.17, 15) is 0 Å². The Hall–Kier alpha value is -0.940. The minimum Gasteiger partial charge on any atom is -0.322 e. The lowest BCUT2D eigenvalue weighted by Gasteiger charge is -2.18. The number of rotatable bonds is 1. The lowest BCUT2D eigenvalue weighted by Crippen LogP contribution is -2.15. The van der Waals surface area contributed by atoms with E-state index in [2.05, 4.69) is 21.5 Å². The van der Waals surface area contributed by atoms with E-state index in [1.807, 2.05) is 6.92 Å². The molecule has 4 nitrogen and oxygen atoms in total. The van der Waals surface area contributed by atoms with Crippen molar-refractivity contribution in [3.8, 4) is 0 Å². The van der Waals surface area contributed by atoms with E-state index in [4.69, 9.17) is 5.73 Å². The minimum absolute atomic E-state index is 0.0481. The highest BCUT2D eigenvalue weighted by Gasteiger charge is 2.24. The van der Waals surface area contributed by atoms with Crippen LogP contribution in [0.3, 0.4) is 0 Å². The lowest BCUT2D eigenvalue weighted by molar-refractivity contribution is 0.496. The third-order valence-corrected chi connectivity index (χ3v) is 4.38. The summed E-state index contributed by atoms with van der Waals surface area (Å²) in [5, 5.41) is 8.40. The molecule has 2 atom stereocenters. The largest absolute Gasteiger partial charge is 0.322 e. The predicted octanol–water partition coefficient (Wildman–Crippen LogP) is 1.94. The van der Waals surface area contributed by atoms with Crippen LogP contribution in [-0.2, 0) is 12.8 Å². The zero-order chi connectivity index (χ0) is 11.3. The number of aromatic nitrogens is 3. The highest BCUT2D eigenvalue weighted by Crippen LogP contribution is 2.33. The van der Waals surface area contributed by atoms with Crippen LogP contribution in [-0.4, -0.2) is 14.6 Å². The van der Waals surface area contributed by atoms with Crippen molar-refractivity contribution in [2.75, 3.05) is 0 Å². The predicted molar refractivity (Wildman–Crippen MR) is 64.7 cm³/mol. The fourth-order valence-corrected chi connectivity index (χ4v) is 3.68. The Morgan fingerprint density at radius 2 is 2.31 bits per heavy atom. The first-order valence-electron chi connectivity index (χ1n) is 5.78. The number of thiazole rings is 1. The molecule has 2 aromatic rings. The van der Waals surface area contributed by atoms with Crippen molar-refractivity contribution in [3.05, 3.63) is 16.4 Å². The quantitative estimate of drug-likeness (QED) is 0.823. The number of hydrogen-bond acceptors (Lipinski definition) is 4. The van der Waals surface area contributed by atoms with Gasteiger partial charge < -0.3 is 5.73 Å². The van der Waals surface area contributed by atoms with Gasteiger partial charge in [-0.3, -0.25) is 4.40 Å². The summed E-state index contributed by atoms with van der Waals surface area (Å²) in [5.41, 5.74) is 7.32. The van der Waals surface area contributed by atoms with Gasteiger partial charge in [0.2, 0.25) is 4.96 Å². The van der Waals surface area contributed by atoms with Gasteiger partial charge in [-0.1, -0.05) is 18.3 Å². The van der Waals surface area contributed by atoms with Gasteiger partial charge in [-0.05, 0) is 32.1 Å². The van der Waals surface area contributed by atoms with E-state index in [0.29, 0.717) is 0 Å². The normalized spacial score (nSPS) is 22.3. The number of hydrogen-bond donors (Lipinski definition) is 1. The molecule has 0 aromatic carbocycles. The highest BCUT2D eigenvalue weighted by atomic mass is 32.1. The molecule has 5 heteroatoms. The molecule has 0 saturated heterocycles. The van der Waals surface area contributed by atoms with Crippen LogP contribution in [0.2, 0.25) is 0 Å². The molecule has 0 aliphatic heterocycles. The molecule has 0 bridgehead atoms. The summed E-state index contributed by atoms with van der Waals surface area (Å²) < 4.78 is 2.18. The molecule has 1 aliphatic rings. The van der Waals surface area contributed by atoms with Crippen molar-refractivity contribution >= 4 is 16.3 Å². The number of nitrogens with two attached hydrogens (primary N) is 1. The molecular formula is C11H16N4S. The number of nitrogens with zero attached hydrogens (tertiary/aromatic N) is 3. The van der Waals surface area contributed by atoms with Crippen LogP contribution in [0.5, 0.6) is 0 Å². The molecular weight excluding hydrogens is 220 g/mol. The monoisotopic (exact) mass is 236 g/mol. The topological polar surface area (TPSA) is 56.2 Å². The maximum Gasteiger partial charge on any atom is 0.216 e. The average Bonchev–Trinajstić information content (AvgIpc) is 2.74. The molecule has 86 valence electrons. The smallest absolute Gasteiger partial charge is 0.216 e. The van der Waals surface area contributed by atoms with Crippen molar-refractivity contribution < 1.29 is 0 Å². The second-order valence-corrected chi connectivity index (χ2v) is 5.85. The van der Waals surface area contributed by atoms with Crippen molar-refractivity contribution in [2.45, 2.75) is 39.2 Å². The SMILES string of the molecule is CC1CCc2c(sc3nnc(C(C)N)n23)C1. The van der Waals surface area contributed by atoms with Gasteiger partial charge in [0.25, 0.3) is 0 Å². The van der Waals surface area contributed by atoms with Gasteiger partial charge in [-0.15, -0.1) is 10.2 Å². The maximum atomic E-state index is 5.93. The van der Waals surface area contributed by atoms with Crippen LogP contribution >= 0.6 is 11.3 Å². The molecule has 0 spiro atoms. The van der Waals surface area contributed by atoms with E-state index in [1.54, 1.807) is 11.3 Å². The summed E-state index contributed by atoms with van der Waals surface area (Å²) >= 11 is 1.78. The Balaban J connectivity index is 2.20. The third-order valence-electron chi connectivity index (χ3n) is 3.28. The first-order valence-corrected chi connectivity index (χ1v) is 6.59. The summed E-state index contributed by atoms with van der Waals surface area (Å²) in [4.78, 5) is 2.48. The van der Waals surface area contributed by atoms with Gasteiger partial charge in [0.05, 0.1) is 6.04 Å². The van der Waals surface area contributed by atoms with E-state index in [0.717, 1.165) is 23.1 Å². The summed E-state index contributed by atoms with van der Waals surface area (Å²) in [5.74, 6) is 1.70. The molecule has 2 N–H and O–H groups in total. The van der Waals surface area contributed by atoms with E-state index in [1.165, 1.54) is 23.4 Å². The Morgan fingerprint density at radius 3 is 3.06 bits per heavy atom. The first kappa shape index (κ1) is 10.2. The molecule has 0 fully saturated rings. The molecule has 2 unspecified atom stereocenters. The van der Waals surface area contributed by atoms with E-state index in [-0.39, 0.29) is 6.04 Å². The highest BCUT2D eigenvalue weighted by molar-refractivity contribution is 7.17. The molecule has 1 aliphatic carbocycles. The summed E-state index contributed by atoms with van der Waals surface area (Å²) in [6.45, 7) is 4.28. The van der Waals surface area contributed by atoms with Crippen LogP contribution in [0.1, 0.15) is 42.7 Å². The Morgan fingerprint density at radius 1 is 1.50 bits per heavy atom. The second-order valence-electron chi connectivity index (χ2n) is 4.78. The molecule has 16 heavy (non-hydrogen) atoms. The van der Waals surface area contributed by atoms with Crippen LogP contribution in [0.25, 0.3) is 4.96 Å². The molecule has 3 rings (SSSR count). The Bertz CT molecular complexity index is 525. The van der Waals surface area contributed by atoms with Gasteiger partial charge in [0.15, 0.2) is 5.82 Å². The molecule has 0 saturated carbocycles. The third kappa shape index (κ3) is 1.38. The van der Waals surface area contributed by atoms with Crippen LogP contribution < -0.4 is 5.73 Å². The van der Waals surface area contributed by atoms with Gasteiger partial charge in [-0.2, -0.15) is 0 Å². The number of fused-ring (bicyclic) bond motifs is 3. The zero-order valence-corrected chi connectivity index (χ0v) is 10.4. The average molecular weight is 236 g/mol. The van der Waals surface area contributed by atoms with Gasteiger partial charge in [-0.25, -0.2) is 0 Å². The van der Waals surface area contributed by atoms with Crippen molar-refractivity contribution in [1.82, 2.24) is 14.6 Å². The van der Waals surface area contributed by atoms with Gasteiger partial charge in [0.1, 0.15) is 0 Å². The van der Waals surface area contributed by atoms with Crippen LogP contribution in [0.15, 0.2) is 0 Å². The summed E-state index contributed by atoms with van der Waals surface area (Å²) in [6, 6.07) is -0.0481. The standard InChI is InChI=1S/C11H16N4S/c1-6-3-4-8-9(5-6)16-11-14-13-10(7(2)12)15(8)11/h6-7H,3-5,12H2,1-2H3. The van der Waals surface area contributed by atoms with E-state index >= 15 is 0 Å². The molecule has 0 amide bonds. The first-order chi connectivity index (χ1) is 7.66.